The molecule has 2 N–H and O–H groups in total. The van der Waals surface area contributed by atoms with E-state index >= 15 is 0 Å². The summed E-state index contributed by atoms with van der Waals surface area (Å²) < 4.78 is 4.60. The van der Waals surface area contributed by atoms with Crippen LogP contribution in [0.15, 0.2) is 29.0 Å². The van der Waals surface area contributed by atoms with E-state index in [9.17, 15) is 4.79 Å². The molecule has 6 nitrogen and oxygen atoms in total. The third kappa shape index (κ3) is 2.54. The number of anilines is 2. The molecule has 0 unspecified atom stereocenters. The van der Waals surface area contributed by atoms with E-state index in [-0.39, 0.29) is 10.7 Å². The first-order chi connectivity index (χ1) is 8.20. The van der Waals surface area contributed by atoms with Gasteiger partial charge in [0.1, 0.15) is 17.8 Å². The van der Waals surface area contributed by atoms with Gasteiger partial charge in [0.05, 0.1) is 5.02 Å². The number of amides is 1. The van der Waals surface area contributed by atoms with Crippen molar-refractivity contribution in [1.29, 1.82) is 0 Å². The Kier molecular flexibility index (Phi) is 3.24. The Hall–Kier alpha value is -2.08. The van der Waals surface area contributed by atoms with Crippen LogP contribution in [0.5, 0.6) is 0 Å². The molecule has 2 rings (SSSR count). The zero-order valence-electron chi connectivity index (χ0n) is 8.90. The van der Waals surface area contributed by atoms with Crippen molar-refractivity contribution in [1.82, 2.24) is 10.1 Å². The van der Waals surface area contributed by atoms with Crippen LogP contribution < -0.4 is 10.6 Å². The number of halogens is 1. The summed E-state index contributed by atoms with van der Waals surface area (Å²) in [6.45, 7) is 0. The van der Waals surface area contributed by atoms with Crippen LogP contribution >= 0.6 is 11.6 Å². The molecule has 0 fully saturated rings. The van der Waals surface area contributed by atoms with Gasteiger partial charge in [-0.3, -0.25) is 4.79 Å². The average molecular weight is 253 g/mol. The lowest BCUT2D eigenvalue weighted by Gasteiger charge is -2.05. The van der Waals surface area contributed by atoms with Crippen molar-refractivity contribution in [2.24, 2.45) is 0 Å². The minimum absolute atomic E-state index is 0.126. The minimum Gasteiger partial charge on any atom is -0.373 e. The number of aromatic nitrogens is 2. The van der Waals surface area contributed by atoms with Gasteiger partial charge in [-0.15, -0.1) is 0 Å². The van der Waals surface area contributed by atoms with Crippen molar-refractivity contribution in [2.75, 3.05) is 17.7 Å². The maximum absolute atomic E-state index is 11.8. The number of nitrogens with one attached hydrogen (secondary N) is 2. The molecule has 0 radical (unpaired) electrons. The normalized spacial score (nSPS) is 10.0. The molecule has 2 heterocycles. The number of pyridine rings is 1. The van der Waals surface area contributed by atoms with Crippen LogP contribution in [0.4, 0.5) is 11.6 Å². The number of rotatable bonds is 3. The Balaban J connectivity index is 2.24. The highest BCUT2D eigenvalue weighted by molar-refractivity contribution is 6.34. The SMILES string of the molecule is CNc1ccc(Cl)c(C(=O)Nc2ccon2)n1. The summed E-state index contributed by atoms with van der Waals surface area (Å²) in [6.07, 6.45) is 1.36. The molecular weight excluding hydrogens is 244 g/mol. The Morgan fingerprint density at radius 2 is 2.18 bits per heavy atom. The fourth-order valence-electron chi connectivity index (χ4n) is 1.19. The second-order valence-electron chi connectivity index (χ2n) is 3.12. The van der Waals surface area contributed by atoms with E-state index in [1.807, 2.05) is 0 Å². The first kappa shape index (κ1) is 11.4. The fraction of sp³-hybridized carbons (Fsp3) is 0.100. The van der Waals surface area contributed by atoms with Gasteiger partial charge in [0.15, 0.2) is 5.82 Å². The number of nitrogens with zero attached hydrogens (tertiary/aromatic N) is 2. The summed E-state index contributed by atoms with van der Waals surface area (Å²) in [4.78, 5) is 15.9. The van der Waals surface area contributed by atoms with Gasteiger partial charge in [0.2, 0.25) is 0 Å². The Morgan fingerprint density at radius 3 is 2.82 bits per heavy atom. The van der Waals surface area contributed by atoms with Gasteiger partial charge in [-0.05, 0) is 12.1 Å². The Labute approximate surface area is 102 Å². The van der Waals surface area contributed by atoms with Gasteiger partial charge in [0.25, 0.3) is 5.91 Å². The van der Waals surface area contributed by atoms with Crippen LogP contribution in [0, 0.1) is 0 Å². The lowest BCUT2D eigenvalue weighted by molar-refractivity contribution is 0.102. The summed E-state index contributed by atoms with van der Waals surface area (Å²) in [5.41, 5.74) is 0.126. The molecule has 1 amide bonds. The highest BCUT2D eigenvalue weighted by Crippen LogP contribution is 2.17. The average Bonchev–Trinajstić information content (AvgIpc) is 2.82. The van der Waals surface area contributed by atoms with Crippen LogP contribution in [0.2, 0.25) is 5.02 Å². The van der Waals surface area contributed by atoms with Gasteiger partial charge in [0, 0.05) is 13.1 Å². The van der Waals surface area contributed by atoms with Crippen molar-refractivity contribution in [3.63, 3.8) is 0 Å². The third-order valence-corrected chi connectivity index (χ3v) is 2.30. The molecule has 2 aromatic rings. The van der Waals surface area contributed by atoms with Gasteiger partial charge < -0.3 is 15.2 Å². The van der Waals surface area contributed by atoms with Crippen LogP contribution in [0.25, 0.3) is 0 Å². The van der Waals surface area contributed by atoms with Crippen molar-refractivity contribution in [2.45, 2.75) is 0 Å². The predicted molar refractivity (Wildman–Crippen MR) is 63.2 cm³/mol. The van der Waals surface area contributed by atoms with Gasteiger partial charge >= 0.3 is 0 Å². The molecule has 0 aliphatic heterocycles. The summed E-state index contributed by atoms with van der Waals surface area (Å²) in [5, 5.41) is 9.17. The fourth-order valence-corrected chi connectivity index (χ4v) is 1.38. The molecule has 0 atom stereocenters. The second-order valence-corrected chi connectivity index (χ2v) is 3.52. The van der Waals surface area contributed by atoms with Gasteiger partial charge in [-0.2, -0.15) is 0 Å². The molecule has 17 heavy (non-hydrogen) atoms. The zero-order chi connectivity index (χ0) is 12.3. The van der Waals surface area contributed by atoms with Gasteiger partial charge in [-0.1, -0.05) is 16.8 Å². The van der Waals surface area contributed by atoms with E-state index in [1.165, 1.54) is 12.3 Å². The van der Waals surface area contributed by atoms with Crippen molar-refractivity contribution >= 4 is 29.1 Å². The molecular formula is C10H9ClN4O2. The van der Waals surface area contributed by atoms with E-state index in [4.69, 9.17) is 11.6 Å². The first-order valence-corrected chi connectivity index (χ1v) is 5.14. The first-order valence-electron chi connectivity index (χ1n) is 4.76. The molecule has 88 valence electrons. The largest absolute Gasteiger partial charge is 0.373 e. The van der Waals surface area contributed by atoms with E-state index in [2.05, 4.69) is 25.3 Å². The molecule has 2 aromatic heterocycles. The van der Waals surface area contributed by atoms with Crippen LogP contribution in [-0.4, -0.2) is 23.1 Å². The van der Waals surface area contributed by atoms with Crippen LogP contribution in [-0.2, 0) is 0 Å². The summed E-state index contributed by atoms with van der Waals surface area (Å²) in [5.74, 6) is 0.420. The number of hydrogen-bond acceptors (Lipinski definition) is 5. The van der Waals surface area contributed by atoms with Gasteiger partial charge in [-0.25, -0.2) is 4.98 Å². The van der Waals surface area contributed by atoms with Crippen molar-refractivity contribution < 1.29 is 9.32 Å². The molecule has 0 saturated carbocycles. The number of hydrogen-bond donors (Lipinski definition) is 2. The second kappa shape index (κ2) is 4.84. The van der Waals surface area contributed by atoms with E-state index in [0.29, 0.717) is 11.6 Å². The monoisotopic (exact) mass is 252 g/mol. The number of carbonyl (C=O) groups is 1. The predicted octanol–water partition coefficient (Wildman–Crippen LogP) is 2.02. The van der Waals surface area contributed by atoms with Crippen LogP contribution in [0.1, 0.15) is 10.5 Å². The smallest absolute Gasteiger partial charge is 0.277 e. The van der Waals surface area contributed by atoms with Crippen molar-refractivity contribution in [3.05, 3.63) is 35.2 Å². The molecule has 0 aromatic carbocycles. The molecule has 0 spiro atoms. The van der Waals surface area contributed by atoms with E-state index < -0.39 is 5.91 Å². The molecule has 0 aliphatic carbocycles. The maximum atomic E-state index is 11.8. The summed E-state index contributed by atoms with van der Waals surface area (Å²) >= 11 is 5.89. The highest BCUT2D eigenvalue weighted by Gasteiger charge is 2.14. The Morgan fingerprint density at radius 1 is 1.35 bits per heavy atom. The number of carbonyl (C=O) groups excluding carboxylic acids is 1. The van der Waals surface area contributed by atoms with E-state index in [1.54, 1.807) is 19.2 Å². The molecule has 0 bridgehead atoms. The van der Waals surface area contributed by atoms with Crippen LogP contribution in [0.3, 0.4) is 0 Å². The third-order valence-electron chi connectivity index (χ3n) is 2.00. The molecule has 7 heteroatoms. The lowest BCUT2D eigenvalue weighted by Crippen LogP contribution is -2.15. The standard InChI is InChI=1S/C10H9ClN4O2/c1-12-7-3-2-6(11)9(13-7)10(16)14-8-4-5-17-15-8/h2-5H,1H3,(H,12,13)(H,14,15,16). The Bertz CT molecular complexity index is 527. The van der Waals surface area contributed by atoms with E-state index in [0.717, 1.165) is 0 Å². The zero-order valence-corrected chi connectivity index (χ0v) is 9.65. The lowest BCUT2D eigenvalue weighted by atomic mass is 10.3. The highest BCUT2D eigenvalue weighted by atomic mass is 35.5. The summed E-state index contributed by atoms with van der Waals surface area (Å²) in [7, 11) is 1.70. The molecule has 0 saturated heterocycles. The quantitative estimate of drug-likeness (QED) is 0.874. The topological polar surface area (TPSA) is 80.0 Å². The minimum atomic E-state index is -0.444. The van der Waals surface area contributed by atoms with Crippen molar-refractivity contribution in [3.8, 4) is 0 Å². The summed E-state index contributed by atoms with van der Waals surface area (Å²) in [6, 6.07) is 4.79. The maximum Gasteiger partial charge on any atom is 0.277 e. The molecule has 0 aliphatic rings.